The van der Waals surface area contributed by atoms with Gasteiger partial charge in [0.25, 0.3) is 0 Å². The van der Waals surface area contributed by atoms with Crippen molar-refractivity contribution < 1.29 is 9.53 Å². The van der Waals surface area contributed by atoms with Gasteiger partial charge < -0.3 is 4.74 Å². The number of nitrogens with one attached hydrogen (secondary N) is 2. The maximum absolute atomic E-state index is 11.4. The Hall–Kier alpha value is -1.75. The molecule has 1 aliphatic heterocycles. The van der Waals surface area contributed by atoms with Gasteiger partial charge in [0, 0.05) is 5.02 Å². The lowest BCUT2D eigenvalue weighted by atomic mass is 10.3. The number of ether oxygens (including phenoxy) is 1. The van der Waals surface area contributed by atoms with Gasteiger partial charge in [-0.05, 0) is 31.2 Å². The molecule has 2 N–H and O–H groups in total. The molecule has 17 heavy (non-hydrogen) atoms. The summed E-state index contributed by atoms with van der Waals surface area (Å²) in [5.41, 5.74) is 6.34. The fraction of sp³-hybridized carbons (Fsp3) is 0.273. The van der Waals surface area contributed by atoms with Gasteiger partial charge in [0.15, 0.2) is 0 Å². The van der Waals surface area contributed by atoms with Crippen molar-refractivity contribution >= 4 is 29.1 Å². The average Bonchev–Trinajstić information content (AvgIpc) is 2.30. The molecule has 1 unspecified atom stereocenters. The van der Waals surface area contributed by atoms with Crippen molar-refractivity contribution in [3.8, 4) is 0 Å². The van der Waals surface area contributed by atoms with E-state index in [-0.39, 0.29) is 11.9 Å². The number of cyclic esters (lactones) is 1. The van der Waals surface area contributed by atoms with Crippen molar-refractivity contribution in [2.75, 3.05) is 12.0 Å². The van der Waals surface area contributed by atoms with Crippen molar-refractivity contribution in [3.05, 3.63) is 29.3 Å². The second-order valence-corrected chi connectivity index (χ2v) is 4.10. The lowest BCUT2D eigenvalue weighted by Crippen LogP contribution is -2.42. The molecule has 0 radical (unpaired) electrons. The van der Waals surface area contributed by atoms with E-state index in [9.17, 15) is 4.79 Å². The fourth-order valence-corrected chi connectivity index (χ4v) is 1.44. The summed E-state index contributed by atoms with van der Waals surface area (Å²) in [6, 6.07) is 7.06. The molecule has 1 aliphatic rings. The highest BCUT2D eigenvalue weighted by molar-refractivity contribution is 6.36. The van der Waals surface area contributed by atoms with Crippen LogP contribution < -0.4 is 10.9 Å². The quantitative estimate of drug-likeness (QED) is 0.621. The summed E-state index contributed by atoms with van der Waals surface area (Å²) in [6.07, 6.45) is -0.163. The van der Waals surface area contributed by atoms with Crippen molar-refractivity contribution in [1.82, 2.24) is 5.43 Å². The Kier molecular flexibility index (Phi) is 3.49. The summed E-state index contributed by atoms with van der Waals surface area (Å²) >= 11 is 5.75. The first-order chi connectivity index (χ1) is 8.15. The van der Waals surface area contributed by atoms with Crippen LogP contribution in [0, 0.1) is 0 Å². The van der Waals surface area contributed by atoms with Crippen molar-refractivity contribution in [2.24, 2.45) is 4.99 Å². The maximum atomic E-state index is 11.4. The van der Waals surface area contributed by atoms with Gasteiger partial charge in [-0.15, -0.1) is 0 Å². The zero-order chi connectivity index (χ0) is 12.3. The minimum atomic E-state index is -0.454. The van der Waals surface area contributed by atoms with E-state index in [1.165, 1.54) is 0 Å². The van der Waals surface area contributed by atoms with Gasteiger partial charge in [-0.1, -0.05) is 11.6 Å². The van der Waals surface area contributed by atoms with Gasteiger partial charge in [0.05, 0.1) is 12.2 Å². The molecule has 0 aliphatic carbocycles. The topological polar surface area (TPSA) is 62.7 Å². The number of benzene rings is 1. The molecule has 0 fully saturated rings. The second kappa shape index (κ2) is 5.05. The Labute approximate surface area is 104 Å². The summed E-state index contributed by atoms with van der Waals surface area (Å²) in [5, 5.41) is 0.652. The number of rotatable bonds is 2. The Morgan fingerprint density at radius 1 is 1.35 bits per heavy atom. The molecule has 1 heterocycles. The predicted molar refractivity (Wildman–Crippen MR) is 66.1 cm³/mol. The fourth-order valence-electron chi connectivity index (χ4n) is 1.32. The molecule has 90 valence electrons. The molecule has 1 aromatic carbocycles. The smallest absolute Gasteiger partial charge is 0.375 e. The highest BCUT2D eigenvalue weighted by Gasteiger charge is 2.21. The number of aliphatic imine (C=N–C) groups is 1. The van der Waals surface area contributed by atoms with Crippen molar-refractivity contribution in [1.29, 1.82) is 0 Å². The van der Waals surface area contributed by atoms with Gasteiger partial charge in [-0.2, -0.15) is 0 Å². The molecule has 1 aromatic rings. The SMILES string of the molecule is CC1CN=C(NNc2ccc(Cl)cc2)C(=O)O1. The first-order valence-electron chi connectivity index (χ1n) is 5.18. The van der Waals surface area contributed by atoms with E-state index in [1.54, 1.807) is 31.2 Å². The number of carbonyl (C=O) groups is 1. The molecule has 0 spiro atoms. The highest BCUT2D eigenvalue weighted by atomic mass is 35.5. The summed E-state index contributed by atoms with van der Waals surface area (Å²) in [6.45, 7) is 2.27. The monoisotopic (exact) mass is 253 g/mol. The Morgan fingerprint density at radius 2 is 2.06 bits per heavy atom. The zero-order valence-electron chi connectivity index (χ0n) is 9.24. The number of amidine groups is 1. The van der Waals surface area contributed by atoms with E-state index in [1.807, 2.05) is 0 Å². The standard InChI is InChI=1S/C11H12ClN3O2/c1-7-6-13-10(11(16)17-7)15-14-9-4-2-8(12)3-5-9/h2-5,7,14H,6H2,1H3,(H,13,15). The first kappa shape index (κ1) is 11.7. The molecule has 1 atom stereocenters. The molecular formula is C11H12ClN3O2. The van der Waals surface area contributed by atoms with E-state index in [2.05, 4.69) is 15.8 Å². The maximum Gasteiger partial charge on any atom is 0.375 e. The van der Waals surface area contributed by atoms with Crippen molar-refractivity contribution in [3.63, 3.8) is 0 Å². The number of nitrogens with zero attached hydrogens (tertiary/aromatic N) is 1. The lowest BCUT2D eigenvalue weighted by molar-refractivity contribution is -0.140. The molecular weight excluding hydrogens is 242 g/mol. The zero-order valence-corrected chi connectivity index (χ0v) is 9.99. The van der Waals surface area contributed by atoms with Gasteiger partial charge in [0.1, 0.15) is 6.10 Å². The highest BCUT2D eigenvalue weighted by Crippen LogP contribution is 2.12. The van der Waals surface area contributed by atoms with Crippen molar-refractivity contribution in [2.45, 2.75) is 13.0 Å². The van der Waals surface area contributed by atoms with Crippen LogP contribution in [0.1, 0.15) is 6.92 Å². The van der Waals surface area contributed by atoms with Crippen LogP contribution in [0.4, 0.5) is 5.69 Å². The van der Waals surface area contributed by atoms with Gasteiger partial charge in [-0.25, -0.2) is 4.79 Å². The Balaban J connectivity index is 1.94. The van der Waals surface area contributed by atoms with E-state index >= 15 is 0 Å². The lowest BCUT2D eigenvalue weighted by Gasteiger charge is -2.19. The molecule has 0 amide bonds. The van der Waals surface area contributed by atoms with E-state index in [0.29, 0.717) is 11.6 Å². The van der Waals surface area contributed by atoms with E-state index in [0.717, 1.165) is 5.69 Å². The minimum Gasteiger partial charge on any atom is -0.455 e. The summed E-state index contributed by atoms with van der Waals surface area (Å²) in [4.78, 5) is 15.5. The molecule has 2 rings (SSSR count). The summed E-state index contributed by atoms with van der Waals surface area (Å²) in [7, 11) is 0. The molecule has 0 aromatic heterocycles. The number of hydrazine groups is 1. The number of hydrogen-bond donors (Lipinski definition) is 2. The van der Waals surface area contributed by atoms with Gasteiger partial charge in [0.2, 0.25) is 5.84 Å². The molecule has 0 saturated heterocycles. The van der Waals surface area contributed by atoms with Crippen LogP contribution in [0.3, 0.4) is 0 Å². The van der Waals surface area contributed by atoms with Crippen LogP contribution in [0.25, 0.3) is 0 Å². The van der Waals surface area contributed by atoms with E-state index < -0.39 is 5.97 Å². The van der Waals surface area contributed by atoms with Crippen LogP contribution in [0.5, 0.6) is 0 Å². The molecule has 5 nitrogen and oxygen atoms in total. The summed E-state index contributed by atoms with van der Waals surface area (Å²) < 4.78 is 5.01. The predicted octanol–water partition coefficient (Wildman–Crippen LogP) is 1.60. The molecule has 0 saturated carbocycles. The van der Waals surface area contributed by atoms with Crippen LogP contribution >= 0.6 is 11.6 Å². The van der Waals surface area contributed by atoms with Crippen LogP contribution in [-0.2, 0) is 9.53 Å². The molecule has 6 heteroatoms. The largest absolute Gasteiger partial charge is 0.455 e. The van der Waals surface area contributed by atoms with Crippen LogP contribution in [-0.4, -0.2) is 24.5 Å². The third-order valence-electron chi connectivity index (χ3n) is 2.18. The number of halogens is 1. The van der Waals surface area contributed by atoms with Gasteiger partial charge >= 0.3 is 5.97 Å². The number of esters is 1. The Morgan fingerprint density at radius 3 is 2.71 bits per heavy atom. The third kappa shape index (κ3) is 3.10. The number of anilines is 1. The normalized spacial score (nSPS) is 19.3. The minimum absolute atomic E-state index is 0.163. The number of carbonyl (C=O) groups excluding carboxylic acids is 1. The van der Waals surface area contributed by atoms with Crippen LogP contribution in [0.15, 0.2) is 29.3 Å². The third-order valence-corrected chi connectivity index (χ3v) is 2.43. The number of hydrogen-bond acceptors (Lipinski definition) is 5. The second-order valence-electron chi connectivity index (χ2n) is 3.66. The summed E-state index contributed by atoms with van der Waals surface area (Å²) in [5.74, 6) is -0.275. The Bertz CT molecular complexity index is 445. The molecule has 0 bridgehead atoms. The average molecular weight is 254 g/mol. The van der Waals surface area contributed by atoms with Gasteiger partial charge in [-0.3, -0.25) is 15.8 Å². The first-order valence-corrected chi connectivity index (χ1v) is 5.56. The van der Waals surface area contributed by atoms with E-state index in [4.69, 9.17) is 16.3 Å². The van der Waals surface area contributed by atoms with Crippen LogP contribution in [0.2, 0.25) is 5.02 Å².